The van der Waals surface area contributed by atoms with Gasteiger partial charge in [-0.1, -0.05) is 102 Å². The summed E-state index contributed by atoms with van der Waals surface area (Å²) in [4.78, 5) is 37.6. The van der Waals surface area contributed by atoms with Crippen molar-refractivity contribution in [3.8, 4) is 5.75 Å². The molecule has 1 heterocycles. The molecule has 2 aromatic carbocycles. The molecule has 2 aromatic rings. The van der Waals surface area contributed by atoms with Crippen LogP contribution in [-0.2, 0) is 9.53 Å². The summed E-state index contributed by atoms with van der Waals surface area (Å²) in [6.45, 7) is 2.64. The van der Waals surface area contributed by atoms with Gasteiger partial charge in [-0.05, 0) is 36.2 Å². The number of rotatable bonds is 15. The van der Waals surface area contributed by atoms with Gasteiger partial charge in [0.05, 0.1) is 23.4 Å². The maximum absolute atomic E-state index is 12.8. The molecule has 0 saturated heterocycles. The molecular weight excluding hydrogens is 466 g/mol. The highest BCUT2D eigenvalue weighted by Crippen LogP contribution is 2.30. The zero-order valence-electron chi connectivity index (χ0n) is 21.9. The first-order valence-electron chi connectivity index (χ1n) is 13.7. The van der Waals surface area contributed by atoms with E-state index in [4.69, 9.17) is 15.2 Å². The largest absolute Gasteiger partial charge is 0.462 e. The normalized spacial score (nSPS) is 14.2. The highest BCUT2D eigenvalue weighted by atomic mass is 16.5. The van der Waals surface area contributed by atoms with Gasteiger partial charge in [0.2, 0.25) is 5.78 Å². The lowest BCUT2D eigenvalue weighted by molar-refractivity contribution is -0.130. The SMILES string of the molecule is CCCCCCCCCCCCCCOC(=O)c1ccc(/C(N)=C2/C(=O)Oc3ccccc3C2=O)cc1. The minimum absolute atomic E-state index is 0.0147. The number of ether oxygens (including phenoxy) is 2. The minimum Gasteiger partial charge on any atom is -0.462 e. The molecule has 2 N–H and O–H groups in total. The van der Waals surface area contributed by atoms with Gasteiger partial charge in [-0.15, -0.1) is 0 Å². The van der Waals surface area contributed by atoms with Gasteiger partial charge in [0, 0.05) is 0 Å². The van der Waals surface area contributed by atoms with E-state index in [9.17, 15) is 14.4 Å². The van der Waals surface area contributed by atoms with Gasteiger partial charge in [0.25, 0.3) is 0 Å². The van der Waals surface area contributed by atoms with Crippen molar-refractivity contribution in [2.75, 3.05) is 6.61 Å². The first kappa shape index (κ1) is 28.2. The van der Waals surface area contributed by atoms with E-state index in [1.165, 1.54) is 64.2 Å². The number of ketones is 1. The van der Waals surface area contributed by atoms with Crippen LogP contribution in [0.15, 0.2) is 54.1 Å². The van der Waals surface area contributed by atoms with Crippen molar-refractivity contribution in [1.29, 1.82) is 0 Å². The molecule has 0 saturated carbocycles. The maximum atomic E-state index is 12.8. The Hall–Kier alpha value is -3.41. The number of unbranched alkanes of at least 4 members (excludes halogenated alkanes) is 11. The van der Waals surface area contributed by atoms with Crippen molar-refractivity contribution in [2.24, 2.45) is 5.73 Å². The van der Waals surface area contributed by atoms with Crippen molar-refractivity contribution in [3.63, 3.8) is 0 Å². The lowest BCUT2D eigenvalue weighted by Gasteiger charge is -2.18. The molecule has 0 atom stereocenters. The van der Waals surface area contributed by atoms with Crippen LogP contribution in [0, 0.1) is 0 Å². The number of hydrogen-bond donors (Lipinski definition) is 1. The maximum Gasteiger partial charge on any atom is 0.349 e. The Kier molecular flexibility index (Phi) is 11.4. The molecule has 198 valence electrons. The molecule has 0 fully saturated rings. The zero-order valence-corrected chi connectivity index (χ0v) is 21.9. The second-order valence-electron chi connectivity index (χ2n) is 9.61. The third-order valence-corrected chi connectivity index (χ3v) is 6.70. The van der Waals surface area contributed by atoms with E-state index in [1.54, 1.807) is 48.5 Å². The predicted octanol–water partition coefficient (Wildman–Crippen LogP) is 7.02. The van der Waals surface area contributed by atoms with Crippen LogP contribution in [0.4, 0.5) is 0 Å². The van der Waals surface area contributed by atoms with Crippen LogP contribution in [-0.4, -0.2) is 24.3 Å². The smallest absolute Gasteiger partial charge is 0.349 e. The fourth-order valence-corrected chi connectivity index (χ4v) is 4.48. The van der Waals surface area contributed by atoms with Crippen LogP contribution in [0.2, 0.25) is 0 Å². The number of carbonyl (C=O) groups excluding carboxylic acids is 3. The van der Waals surface area contributed by atoms with E-state index in [-0.39, 0.29) is 22.6 Å². The van der Waals surface area contributed by atoms with Crippen LogP contribution in [0.1, 0.15) is 110 Å². The summed E-state index contributed by atoms with van der Waals surface area (Å²) < 4.78 is 10.7. The summed E-state index contributed by atoms with van der Waals surface area (Å²) in [5.74, 6) is -1.44. The molecule has 6 heteroatoms. The average Bonchev–Trinajstić information content (AvgIpc) is 2.91. The first-order chi connectivity index (χ1) is 18.0. The monoisotopic (exact) mass is 505 g/mol. The van der Waals surface area contributed by atoms with E-state index in [0.717, 1.165) is 12.8 Å². The van der Waals surface area contributed by atoms with Crippen molar-refractivity contribution in [3.05, 3.63) is 70.8 Å². The lowest BCUT2D eigenvalue weighted by atomic mass is 9.95. The third-order valence-electron chi connectivity index (χ3n) is 6.70. The van der Waals surface area contributed by atoms with Gasteiger partial charge in [0.15, 0.2) is 0 Å². The molecule has 0 spiro atoms. The number of carbonyl (C=O) groups is 3. The van der Waals surface area contributed by atoms with E-state index < -0.39 is 17.7 Å². The topological polar surface area (TPSA) is 95.7 Å². The van der Waals surface area contributed by atoms with Gasteiger partial charge in [-0.3, -0.25) is 4.79 Å². The number of nitrogens with two attached hydrogens (primary N) is 1. The van der Waals surface area contributed by atoms with Crippen molar-refractivity contribution >= 4 is 23.4 Å². The quantitative estimate of drug-likeness (QED) is 0.0919. The van der Waals surface area contributed by atoms with Gasteiger partial charge < -0.3 is 15.2 Å². The summed E-state index contributed by atoms with van der Waals surface area (Å²) in [6.07, 6.45) is 15.0. The predicted molar refractivity (Wildman–Crippen MR) is 145 cm³/mol. The highest BCUT2D eigenvalue weighted by Gasteiger charge is 2.33. The lowest BCUT2D eigenvalue weighted by Crippen LogP contribution is -2.28. The van der Waals surface area contributed by atoms with Crippen LogP contribution in [0.3, 0.4) is 0 Å². The van der Waals surface area contributed by atoms with Crippen LogP contribution >= 0.6 is 0 Å². The Balaban J connectivity index is 1.38. The van der Waals surface area contributed by atoms with Crippen molar-refractivity contribution in [1.82, 2.24) is 0 Å². The third kappa shape index (κ3) is 8.31. The zero-order chi connectivity index (χ0) is 26.5. The van der Waals surface area contributed by atoms with Crippen LogP contribution in [0.25, 0.3) is 5.70 Å². The molecule has 0 aromatic heterocycles. The average molecular weight is 506 g/mol. The molecule has 37 heavy (non-hydrogen) atoms. The molecule has 0 unspecified atom stereocenters. The molecule has 0 bridgehead atoms. The van der Waals surface area contributed by atoms with E-state index in [0.29, 0.717) is 17.7 Å². The van der Waals surface area contributed by atoms with Crippen LogP contribution < -0.4 is 10.5 Å². The summed E-state index contributed by atoms with van der Waals surface area (Å²) in [5, 5.41) is 0. The molecule has 1 aliphatic rings. The van der Waals surface area contributed by atoms with Crippen LogP contribution in [0.5, 0.6) is 5.75 Å². The molecule has 0 amide bonds. The van der Waals surface area contributed by atoms with Crippen molar-refractivity contribution < 1.29 is 23.9 Å². The number of esters is 2. The second kappa shape index (κ2) is 15.0. The fourth-order valence-electron chi connectivity index (χ4n) is 4.48. The second-order valence-corrected chi connectivity index (χ2v) is 9.61. The van der Waals surface area contributed by atoms with Gasteiger partial charge in [-0.2, -0.15) is 0 Å². The van der Waals surface area contributed by atoms with Gasteiger partial charge in [-0.25, -0.2) is 9.59 Å². The molecule has 0 radical (unpaired) electrons. The Morgan fingerprint density at radius 3 is 1.92 bits per heavy atom. The summed E-state index contributed by atoms with van der Waals surface area (Å²) in [7, 11) is 0. The van der Waals surface area contributed by atoms with Crippen molar-refractivity contribution in [2.45, 2.75) is 84.0 Å². The molecule has 3 rings (SSSR count). The molecular formula is C31H39NO5. The Bertz CT molecular complexity index is 1090. The summed E-state index contributed by atoms with van der Waals surface area (Å²) in [5.41, 5.74) is 7.11. The Morgan fingerprint density at radius 1 is 0.757 bits per heavy atom. The molecule has 0 aliphatic carbocycles. The van der Waals surface area contributed by atoms with Gasteiger partial charge >= 0.3 is 11.9 Å². The molecule has 6 nitrogen and oxygen atoms in total. The molecule has 1 aliphatic heterocycles. The first-order valence-corrected chi connectivity index (χ1v) is 13.7. The number of para-hydroxylation sites is 1. The highest BCUT2D eigenvalue weighted by molar-refractivity contribution is 6.31. The summed E-state index contributed by atoms with van der Waals surface area (Å²) >= 11 is 0. The number of fused-ring (bicyclic) bond motifs is 1. The Labute approximate surface area is 220 Å². The summed E-state index contributed by atoms with van der Waals surface area (Å²) in [6, 6.07) is 12.9. The van der Waals surface area contributed by atoms with E-state index in [1.807, 2.05) is 0 Å². The van der Waals surface area contributed by atoms with Gasteiger partial charge in [0.1, 0.15) is 11.3 Å². The fraction of sp³-hybridized carbons (Fsp3) is 0.452. The van der Waals surface area contributed by atoms with E-state index >= 15 is 0 Å². The minimum atomic E-state index is -0.785. The number of Topliss-reactive ketones (excluding diaryl/α,β-unsaturated/α-hetero) is 1. The number of hydrogen-bond acceptors (Lipinski definition) is 6. The van der Waals surface area contributed by atoms with E-state index in [2.05, 4.69) is 6.92 Å². The Morgan fingerprint density at radius 2 is 1.30 bits per heavy atom. The standard InChI is InChI=1S/C31H39NO5/c1-2-3-4-5-6-7-8-9-10-11-12-15-22-36-30(34)24-20-18-23(19-21-24)28(32)27-29(33)25-16-13-14-17-26(25)37-31(27)35/h13-14,16-21H,2-12,15,22,32H2,1H3/b28-27-. The number of benzene rings is 2.